The molecule has 0 bridgehead atoms. The monoisotopic (exact) mass is 152 g/mol. The molecule has 0 aliphatic carbocycles. The number of hydrogen-bond acceptors (Lipinski definition) is 1. The van der Waals surface area contributed by atoms with E-state index in [9.17, 15) is 0 Å². The maximum atomic E-state index is 7.58. The zero-order valence-electron chi connectivity index (χ0n) is 7.30. The lowest BCUT2D eigenvalue weighted by atomic mass is 10.0. The zero-order chi connectivity index (χ0) is 8.43. The molecule has 1 atom stereocenters. The number of nitrogens with one attached hydrogen (secondary N) is 1. The Morgan fingerprint density at radius 2 is 2.36 bits per heavy atom. The molecule has 0 aromatic carbocycles. The fourth-order valence-electron chi connectivity index (χ4n) is 1.65. The molecule has 0 aromatic heterocycles. The Morgan fingerprint density at radius 1 is 1.73 bits per heavy atom. The summed E-state index contributed by atoms with van der Waals surface area (Å²) in [5.41, 5.74) is 0. The highest BCUT2D eigenvalue weighted by atomic mass is 15.2. The molecule has 0 aromatic rings. The quantitative estimate of drug-likeness (QED) is 0.645. The lowest BCUT2D eigenvalue weighted by Gasteiger charge is -2.25. The Bertz CT molecular complexity index is 172. The minimum atomic E-state index is 0.514. The van der Waals surface area contributed by atoms with Gasteiger partial charge in [-0.2, -0.15) is 0 Å². The second kappa shape index (κ2) is 3.07. The second-order valence-corrected chi connectivity index (χ2v) is 3.39. The van der Waals surface area contributed by atoms with E-state index in [4.69, 9.17) is 5.41 Å². The van der Waals surface area contributed by atoms with Crippen LogP contribution >= 0.6 is 0 Å². The van der Waals surface area contributed by atoms with Crippen LogP contribution in [0.2, 0.25) is 0 Å². The third-order valence-electron chi connectivity index (χ3n) is 2.31. The zero-order valence-corrected chi connectivity index (χ0v) is 7.30. The number of nitrogens with zero attached hydrogens (tertiary/aromatic N) is 1. The van der Waals surface area contributed by atoms with E-state index in [0.29, 0.717) is 12.0 Å². The minimum absolute atomic E-state index is 0.514. The lowest BCUT2D eigenvalue weighted by Crippen LogP contribution is -2.31. The predicted octanol–water partition coefficient (Wildman–Crippen LogP) is 2.23. The van der Waals surface area contributed by atoms with E-state index in [1.807, 2.05) is 4.90 Å². The number of amidine groups is 1. The van der Waals surface area contributed by atoms with Crippen LogP contribution < -0.4 is 0 Å². The molecule has 62 valence electrons. The SMILES string of the molecule is C=CN1C(=N)CCC1C(C)C. The van der Waals surface area contributed by atoms with Gasteiger partial charge < -0.3 is 4.90 Å². The number of hydrogen-bond donors (Lipinski definition) is 1. The van der Waals surface area contributed by atoms with E-state index in [-0.39, 0.29) is 0 Å². The molecule has 0 saturated carbocycles. The van der Waals surface area contributed by atoms with Gasteiger partial charge in [0.05, 0.1) is 0 Å². The second-order valence-electron chi connectivity index (χ2n) is 3.39. The van der Waals surface area contributed by atoms with Gasteiger partial charge in [-0.25, -0.2) is 0 Å². The molecule has 1 unspecified atom stereocenters. The summed E-state index contributed by atoms with van der Waals surface area (Å²) in [6.07, 6.45) is 3.80. The van der Waals surface area contributed by atoms with Crippen molar-refractivity contribution >= 4 is 5.84 Å². The first-order valence-electron chi connectivity index (χ1n) is 4.15. The summed E-state index contributed by atoms with van der Waals surface area (Å²) in [6.45, 7) is 8.10. The van der Waals surface area contributed by atoms with E-state index in [1.165, 1.54) is 0 Å². The molecule has 2 heteroatoms. The van der Waals surface area contributed by atoms with Crippen LogP contribution in [0.5, 0.6) is 0 Å². The third kappa shape index (κ3) is 1.44. The van der Waals surface area contributed by atoms with Crippen molar-refractivity contribution in [2.75, 3.05) is 0 Å². The van der Waals surface area contributed by atoms with E-state index >= 15 is 0 Å². The van der Waals surface area contributed by atoms with Crippen LogP contribution in [0.1, 0.15) is 26.7 Å². The highest BCUT2D eigenvalue weighted by Gasteiger charge is 2.28. The summed E-state index contributed by atoms with van der Waals surface area (Å²) >= 11 is 0. The third-order valence-corrected chi connectivity index (χ3v) is 2.31. The summed E-state index contributed by atoms with van der Waals surface area (Å²) in [4.78, 5) is 1.99. The van der Waals surface area contributed by atoms with Crippen LogP contribution in [-0.4, -0.2) is 16.8 Å². The van der Waals surface area contributed by atoms with Crippen molar-refractivity contribution in [3.05, 3.63) is 12.8 Å². The first kappa shape index (κ1) is 8.31. The Balaban J connectivity index is 2.68. The molecule has 0 spiro atoms. The largest absolute Gasteiger partial charge is 0.334 e. The van der Waals surface area contributed by atoms with E-state index in [2.05, 4.69) is 20.4 Å². The average molecular weight is 152 g/mol. The van der Waals surface area contributed by atoms with Crippen molar-refractivity contribution in [1.82, 2.24) is 4.90 Å². The van der Waals surface area contributed by atoms with E-state index in [1.54, 1.807) is 6.20 Å². The van der Waals surface area contributed by atoms with Gasteiger partial charge in [-0.05, 0) is 18.5 Å². The van der Waals surface area contributed by atoms with Gasteiger partial charge in [0.25, 0.3) is 0 Å². The summed E-state index contributed by atoms with van der Waals surface area (Å²) in [6, 6.07) is 0.514. The summed E-state index contributed by atoms with van der Waals surface area (Å²) in [5.74, 6) is 1.34. The Hall–Kier alpha value is -0.790. The smallest absolute Gasteiger partial charge is 0.100 e. The fourth-order valence-corrected chi connectivity index (χ4v) is 1.65. The maximum absolute atomic E-state index is 7.58. The first-order chi connectivity index (χ1) is 5.16. The van der Waals surface area contributed by atoms with Gasteiger partial charge in [-0.15, -0.1) is 0 Å². The van der Waals surface area contributed by atoms with Gasteiger partial charge in [0, 0.05) is 12.5 Å². The van der Waals surface area contributed by atoms with Gasteiger partial charge >= 0.3 is 0 Å². The van der Waals surface area contributed by atoms with Gasteiger partial charge in [-0.1, -0.05) is 20.4 Å². The van der Waals surface area contributed by atoms with Crippen molar-refractivity contribution in [3.63, 3.8) is 0 Å². The number of likely N-dealkylation sites (tertiary alicyclic amines) is 1. The normalized spacial score (nSPS) is 24.8. The van der Waals surface area contributed by atoms with E-state index < -0.39 is 0 Å². The topological polar surface area (TPSA) is 27.1 Å². The molecule has 1 fully saturated rings. The van der Waals surface area contributed by atoms with Gasteiger partial charge in [0.2, 0.25) is 0 Å². The summed E-state index contributed by atoms with van der Waals surface area (Å²) < 4.78 is 0. The standard InChI is InChI=1S/C9H16N2/c1-4-11-8(7(2)3)5-6-9(11)10/h4,7-8,10H,1,5-6H2,2-3H3. The molecular weight excluding hydrogens is 136 g/mol. The molecule has 1 aliphatic heterocycles. The molecule has 1 heterocycles. The molecule has 1 aliphatic rings. The lowest BCUT2D eigenvalue weighted by molar-refractivity contribution is 0.333. The van der Waals surface area contributed by atoms with Crippen molar-refractivity contribution < 1.29 is 0 Å². The van der Waals surface area contributed by atoms with Crippen molar-refractivity contribution in [1.29, 1.82) is 5.41 Å². The summed E-state index contributed by atoms with van der Waals surface area (Å²) in [7, 11) is 0. The Labute approximate surface area is 68.4 Å². The highest BCUT2D eigenvalue weighted by Crippen LogP contribution is 2.24. The van der Waals surface area contributed by atoms with Crippen molar-refractivity contribution in [2.45, 2.75) is 32.7 Å². The Morgan fingerprint density at radius 3 is 2.73 bits per heavy atom. The van der Waals surface area contributed by atoms with Crippen molar-refractivity contribution in [3.8, 4) is 0 Å². The van der Waals surface area contributed by atoms with Crippen LogP contribution in [0.4, 0.5) is 0 Å². The minimum Gasteiger partial charge on any atom is -0.334 e. The molecule has 1 saturated heterocycles. The molecule has 11 heavy (non-hydrogen) atoms. The maximum Gasteiger partial charge on any atom is 0.100 e. The van der Waals surface area contributed by atoms with E-state index in [0.717, 1.165) is 18.7 Å². The molecule has 2 nitrogen and oxygen atoms in total. The Kier molecular flexibility index (Phi) is 2.32. The van der Waals surface area contributed by atoms with Crippen LogP contribution in [0, 0.1) is 11.3 Å². The molecule has 1 N–H and O–H groups in total. The van der Waals surface area contributed by atoms with Crippen LogP contribution in [-0.2, 0) is 0 Å². The molecule has 1 rings (SSSR count). The van der Waals surface area contributed by atoms with Crippen molar-refractivity contribution in [2.24, 2.45) is 5.92 Å². The highest BCUT2D eigenvalue weighted by molar-refractivity contribution is 5.82. The molecule has 0 amide bonds. The van der Waals surface area contributed by atoms with Crippen LogP contribution in [0.15, 0.2) is 12.8 Å². The first-order valence-corrected chi connectivity index (χ1v) is 4.15. The van der Waals surface area contributed by atoms with Gasteiger partial charge in [-0.3, -0.25) is 5.41 Å². The van der Waals surface area contributed by atoms with Gasteiger partial charge in [0.1, 0.15) is 5.84 Å². The number of rotatable bonds is 2. The molecular formula is C9H16N2. The average Bonchev–Trinajstić information content (AvgIpc) is 2.30. The fraction of sp³-hybridized carbons (Fsp3) is 0.667. The predicted molar refractivity (Wildman–Crippen MR) is 47.6 cm³/mol. The van der Waals surface area contributed by atoms with Gasteiger partial charge in [0.15, 0.2) is 0 Å². The van der Waals surface area contributed by atoms with Crippen LogP contribution in [0.3, 0.4) is 0 Å². The summed E-state index contributed by atoms with van der Waals surface area (Å²) in [5, 5.41) is 7.58. The van der Waals surface area contributed by atoms with Crippen LogP contribution in [0.25, 0.3) is 0 Å². The molecule has 0 radical (unpaired) electrons.